The van der Waals surface area contributed by atoms with E-state index in [-0.39, 0.29) is 24.6 Å². The molecular weight excluding hydrogens is 353 g/mol. The second-order valence-corrected chi connectivity index (χ2v) is 7.10. The van der Waals surface area contributed by atoms with E-state index in [1.807, 2.05) is 6.92 Å². The third-order valence-electron chi connectivity index (χ3n) is 3.04. The van der Waals surface area contributed by atoms with Gasteiger partial charge in [-0.15, -0.1) is 0 Å². The molecule has 1 fully saturated rings. The maximum atomic E-state index is 13.7. The number of ether oxygens (including phenoxy) is 2. The molecule has 0 radical (unpaired) electrons. The van der Waals surface area contributed by atoms with Gasteiger partial charge in [-0.3, -0.25) is 0 Å². The molecule has 0 spiro atoms. The van der Waals surface area contributed by atoms with Crippen molar-refractivity contribution in [2.24, 2.45) is 5.14 Å². The summed E-state index contributed by atoms with van der Waals surface area (Å²) in [6.07, 6.45) is 2.02. The predicted octanol–water partition coefficient (Wildman–Crippen LogP) is 2.18. The van der Waals surface area contributed by atoms with Gasteiger partial charge in [-0.05, 0) is 41.8 Å². The third-order valence-corrected chi connectivity index (χ3v) is 4.58. The van der Waals surface area contributed by atoms with Crippen molar-refractivity contribution in [3.63, 3.8) is 0 Å². The van der Waals surface area contributed by atoms with Crippen LogP contribution in [0.15, 0.2) is 21.5 Å². The summed E-state index contributed by atoms with van der Waals surface area (Å²) in [5.74, 6) is -0.718. The summed E-state index contributed by atoms with van der Waals surface area (Å²) in [4.78, 5) is -0.567. The van der Waals surface area contributed by atoms with Gasteiger partial charge in [0.25, 0.3) is 0 Å². The first-order valence-electron chi connectivity index (χ1n) is 6.07. The summed E-state index contributed by atoms with van der Waals surface area (Å²) >= 11 is 3.14. The van der Waals surface area contributed by atoms with Gasteiger partial charge in [0.05, 0.1) is 16.7 Å². The second-order valence-electron chi connectivity index (χ2n) is 4.72. The minimum Gasteiger partial charge on any atom is -0.490 e. The normalized spacial score (nSPS) is 23.0. The molecule has 112 valence electrons. The van der Waals surface area contributed by atoms with Crippen LogP contribution in [0.4, 0.5) is 4.39 Å². The Bertz CT molecular complexity index is 608. The van der Waals surface area contributed by atoms with Gasteiger partial charge in [0.1, 0.15) is 23.1 Å². The Balaban J connectivity index is 2.11. The van der Waals surface area contributed by atoms with Crippen molar-refractivity contribution >= 4 is 26.0 Å². The smallest absolute Gasteiger partial charge is 0.241 e. The van der Waals surface area contributed by atoms with Crippen molar-refractivity contribution < 1.29 is 22.3 Å². The van der Waals surface area contributed by atoms with E-state index in [9.17, 15) is 12.8 Å². The molecule has 20 heavy (non-hydrogen) atoms. The highest BCUT2D eigenvalue weighted by Crippen LogP contribution is 2.30. The lowest BCUT2D eigenvalue weighted by atomic mass is 10.2. The Morgan fingerprint density at radius 3 is 2.75 bits per heavy atom. The van der Waals surface area contributed by atoms with E-state index in [2.05, 4.69) is 15.9 Å². The fraction of sp³-hybridized carbons (Fsp3) is 0.500. The minimum absolute atomic E-state index is 0.0297. The van der Waals surface area contributed by atoms with Crippen molar-refractivity contribution in [1.29, 1.82) is 0 Å². The number of sulfonamides is 1. The zero-order valence-electron chi connectivity index (χ0n) is 10.8. The zero-order chi connectivity index (χ0) is 14.9. The molecular formula is C12H15BrFNO4S. The first-order valence-corrected chi connectivity index (χ1v) is 8.41. The van der Waals surface area contributed by atoms with E-state index in [1.165, 1.54) is 0 Å². The maximum absolute atomic E-state index is 13.7. The molecule has 5 nitrogen and oxygen atoms in total. The summed E-state index contributed by atoms with van der Waals surface area (Å²) in [5.41, 5.74) is 0. The fourth-order valence-corrected chi connectivity index (χ4v) is 3.25. The van der Waals surface area contributed by atoms with Crippen molar-refractivity contribution in [2.45, 2.75) is 36.9 Å². The molecule has 1 aromatic rings. The lowest BCUT2D eigenvalue weighted by molar-refractivity contribution is 0.0262. The summed E-state index contributed by atoms with van der Waals surface area (Å²) in [6.45, 7) is 2.27. The highest BCUT2D eigenvalue weighted by atomic mass is 79.9. The predicted molar refractivity (Wildman–Crippen MR) is 74.5 cm³/mol. The molecule has 2 unspecified atom stereocenters. The van der Waals surface area contributed by atoms with Gasteiger partial charge in [0.15, 0.2) is 0 Å². The van der Waals surface area contributed by atoms with Crippen LogP contribution in [0.2, 0.25) is 0 Å². The van der Waals surface area contributed by atoms with Crippen LogP contribution in [-0.2, 0) is 14.8 Å². The monoisotopic (exact) mass is 367 g/mol. The average molecular weight is 368 g/mol. The summed E-state index contributed by atoms with van der Waals surface area (Å²) < 4.78 is 47.4. The molecule has 0 saturated carbocycles. The molecule has 0 aromatic heterocycles. The van der Waals surface area contributed by atoms with E-state index in [1.54, 1.807) is 0 Å². The van der Waals surface area contributed by atoms with Crippen molar-refractivity contribution in [3.8, 4) is 5.75 Å². The Morgan fingerprint density at radius 1 is 1.50 bits per heavy atom. The molecule has 1 aliphatic heterocycles. The van der Waals surface area contributed by atoms with E-state index in [0.717, 1.165) is 25.0 Å². The van der Waals surface area contributed by atoms with Crippen LogP contribution in [0.1, 0.15) is 19.8 Å². The van der Waals surface area contributed by atoms with Crippen LogP contribution in [0.5, 0.6) is 5.75 Å². The Hall–Kier alpha value is -0.700. The Morgan fingerprint density at radius 2 is 2.20 bits per heavy atom. The zero-order valence-corrected chi connectivity index (χ0v) is 13.2. The van der Waals surface area contributed by atoms with E-state index in [0.29, 0.717) is 4.47 Å². The largest absolute Gasteiger partial charge is 0.490 e. The third kappa shape index (κ3) is 3.69. The van der Waals surface area contributed by atoms with Gasteiger partial charge in [-0.25, -0.2) is 17.9 Å². The van der Waals surface area contributed by atoms with Gasteiger partial charge < -0.3 is 9.47 Å². The van der Waals surface area contributed by atoms with Crippen LogP contribution in [0, 0.1) is 5.82 Å². The van der Waals surface area contributed by atoms with E-state index >= 15 is 0 Å². The summed E-state index contributed by atoms with van der Waals surface area (Å²) in [5, 5.41) is 4.92. The van der Waals surface area contributed by atoms with Gasteiger partial charge >= 0.3 is 0 Å². The van der Waals surface area contributed by atoms with Crippen LogP contribution < -0.4 is 9.88 Å². The number of hydrogen-bond acceptors (Lipinski definition) is 4. The number of hydrogen-bond donors (Lipinski definition) is 1. The average Bonchev–Trinajstić information content (AvgIpc) is 2.74. The van der Waals surface area contributed by atoms with Crippen molar-refractivity contribution in [3.05, 3.63) is 22.4 Å². The van der Waals surface area contributed by atoms with Crippen LogP contribution in [0.3, 0.4) is 0 Å². The minimum atomic E-state index is -4.10. The molecule has 0 aliphatic carbocycles. The van der Waals surface area contributed by atoms with Gasteiger partial charge in [-0.1, -0.05) is 0 Å². The molecule has 2 rings (SSSR count). The molecule has 0 bridgehead atoms. The summed E-state index contributed by atoms with van der Waals surface area (Å²) in [6, 6.07) is 2.10. The molecule has 8 heteroatoms. The van der Waals surface area contributed by atoms with Crippen molar-refractivity contribution in [1.82, 2.24) is 0 Å². The molecule has 0 amide bonds. The first-order chi connectivity index (χ1) is 9.27. The summed E-state index contributed by atoms with van der Waals surface area (Å²) in [7, 11) is -4.10. The van der Waals surface area contributed by atoms with Gasteiger partial charge in [0.2, 0.25) is 10.0 Å². The van der Waals surface area contributed by atoms with E-state index < -0.39 is 20.7 Å². The van der Waals surface area contributed by atoms with E-state index in [4.69, 9.17) is 14.6 Å². The Labute approximate surface area is 125 Å². The molecule has 2 N–H and O–H groups in total. The number of benzene rings is 1. The highest BCUT2D eigenvalue weighted by Gasteiger charge is 2.23. The highest BCUT2D eigenvalue weighted by molar-refractivity contribution is 9.10. The van der Waals surface area contributed by atoms with Crippen molar-refractivity contribution in [2.75, 3.05) is 6.61 Å². The lowest BCUT2D eigenvalue weighted by Crippen LogP contribution is -2.18. The SMILES string of the molecule is CC1CCC(COc2cc(F)c(S(N)(=O)=O)cc2Br)O1. The molecule has 1 heterocycles. The molecule has 1 aromatic carbocycles. The maximum Gasteiger partial charge on any atom is 0.241 e. The quantitative estimate of drug-likeness (QED) is 0.884. The number of halogens is 2. The molecule has 1 saturated heterocycles. The fourth-order valence-electron chi connectivity index (χ4n) is 2.03. The first kappa shape index (κ1) is 15.7. The van der Waals surface area contributed by atoms with Crippen LogP contribution >= 0.6 is 15.9 Å². The molecule has 1 aliphatic rings. The van der Waals surface area contributed by atoms with Crippen LogP contribution in [0.25, 0.3) is 0 Å². The Kier molecular flexibility index (Phi) is 4.68. The topological polar surface area (TPSA) is 78.6 Å². The van der Waals surface area contributed by atoms with Crippen LogP contribution in [-0.4, -0.2) is 27.2 Å². The standard InChI is InChI=1S/C12H15BrFNO4S/c1-7-2-3-8(19-7)6-18-11-5-10(14)12(4-9(11)13)20(15,16)17/h4-5,7-8H,2-3,6H2,1H3,(H2,15,16,17). The lowest BCUT2D eigenvalue weighted by Gasteiger charge is -2.14. The number of rotatable bonds is 4. The molecule has 2 atom stereocenters. The number of primary sulfonamides is 1. The van der Waals surface area contributed by atoms with Gasteiger partial charge in [-0.2, -0.15) is 0 Å². The second kappa shape index (κ2) is 5.97. The number of nitrogens with two attached hydrogens (primary N) is 1. The van der Waals surface area contributed by atoms with Gasteiger partial charge in [0, 0.05) is 6.07 Å².